The summed E-state index contributed by atoms with van der Waals surface area (Å²) in [4.78, 5) is 38.7. The van der Waals surface area contributed by atoms with Gasteiger partial charge in [-0.2, -0.15) is 0 Å². The molecule has 1 saturated heterocycles. The largest absolute Gasteiger partial charge is 0.465 e. The fourth-order valence-electron chi connectivity index (χ4n) is 1.99. The van der Waals surface area contributed by atoms with Crippen molar-refractivity contribution in [1.82, 2.24) is 4.90 Å². The Morgan fingerprint density at radius 1 is 1.26 bits per heavy atom. The number of imide groups is 1. The first-order valence-corrected chi connectivity index (χ1v) is 7.92. The SMILES string of the molecule is CCOC(=O)CN1C(=O)S/C(=C\c2ccc(N(C)C)cc2)C1=O. The van der Waals surface area contributed by atoms with Crippen LogP contribution in [0.15, 0.2) is 29.2 Å². The number of hydrogen-bond donors (Lipinski definition) is 0. The van der Waals surface area contributed by atoms with Gasteiger partial charge in [0.05, 0.1) is 11.5 Å². The van der Waals surface area contributed by atoms with Gasteiger partial charge in [-0.3, -0.25) is 19.3 Å². The number of ether oxygens (including phenoxy) is 1. The second-order valence-corrected chi connectivity index (χ2v) is 6.05. The molecule has 0 aliphatic carbocycles. The first kappa shape index (κ1) is 17.1. The molecule has 1 heterocycles. The van der Waals surface area contributed by atoms with Crippen LogP contribution in [0.4, 0.5) is 10.5 Å². The monoisotopic (exact) mass is 334 g/mol. The van der Waals surface area contributed by atoms with Crippen LogP contribution in [0.1, 0.15) is 12.5 Å². The topological polar surface area (TPSA) is 66.9 Å². The molecule has 0 spiro atoms. The molecule has 1 aliphatic rings. The maximum atomic E-state index is 12.2. The third-order valence-electron chi connectivity index (χ3n) is 3.17. The zero-order valence-electron chi connectivity index (χ0n) is 13.2. The van der Waals surface area contributed by atoms with E-state index >= 15 is 0 Å². The summed E-state index contributed by atoms with van der Waals surface area (Å²) in [6.07, 6.45) is 1.65. The van der Waals surface area contributed by atoms with E-state index in [1.54, 1.807) is 13.0 Å². The number of benzene rings is 1. The number of rotatable bonds is 5. The number of thioether (sulfide) groups is 1. The van der Waals surface area contributed by atoms with E-state index in [0.717, 1.165) is 27.9 Å². The molecule has 0 radical (unpaired) electrons. The maximum Gasteiger partial charge on any atom is 0.326 e. The van der Waals surface area contributed by atoms with Gasteiger partial charge in [-0.15, -0.1) is 0 Å². The van der Waals surface area contributed by atoms with E-state index in [1.165, 1.54) is 0 Å². The van der Waals surface area contributed by atoms with E-state index in [9.17, 15) is 14.4 Å². The Kier molecular flexibility index (Phi) is 5.44. The van der Waals surface area contributed by atoms with E-state index < -0.39 is 17.1 Å². The summed E-state index contributed by atoms with van der Waals surface area (Å²) in [5.41, 5.74) is 1.86. The Balaban J connectivity index is 2.13. The minimum atomic E-state index is -0.591. The van der Waals surface area contributed by atoms with Gasteiger partial charge in [-0.05, 0) is 42.5 Å². The standard InChI is InChI=1S/C16H18N2O4S/c1-4-22-14(19)10-18-15(20)13(23-16(18)21)9-11-5-7-12(8-6-11)17(2)3/h5-9H,4,10H2,1-3H3/b13-9-. The Morgan fingerprint density at radius 3 is 2.48 bits per heavy atom. The van der Waals surface area contributed by atoms with Crippen LogP contribution >= 0.6 is 11.8 Å². The van der Waals surface area contributed by atoms with Gasteiger partial charge < -0.3 is 9.64 Å². The molecule has 0 atom stereocenters. The zero-order chi connectivity index (χ0) is 17.0. The smallest absolute Gasteiger partial charge is 0.326 e. The number of esters is 1. The molecule has 0 saturated carbocycles. The van der Waals surface area contributed by atoms with Crippen molar-refractivity contribution in [2.45, 2.75) is 6.92 Å². The molecule has 2 rings (SSSR count). The van der Waals surface area contributed by atoms with Gasteiger partial charge in [0, 0.05) is 19.8 Å². The quantitative estimate of drug-likeness (QED) is 0.608. The van der Waals surface area contributed by atoms with E-state index in [4.69, 9.17) is 4.74 Å². The minimum Gasteiger partial charge on any atom is -0.465 e. The second kappa shape index (κ2) is 7.32. The molecule has 2 amide bonds. The van der Waals surface area contributed by atoms with Crippen LogP contribution in [0, 0.1) is 0 Å². The Labute approximate surface area is 139 Å². The van der Waals surface area contributed by atoms with Crippen LogP contribution < -0.4 is 4.90 Å². The third kappa shape index (κ3) is 4.13. The first-order chi connectivity index (χ1) is 10.9. The van der Waals surface area contributed by atoms with Crippen LogP contribution in [-0.4, -0.2) is 49.3 Å². The van der Waals surface area contributed by atoms with Crippen LogP contribution in [0.5, 0.6) is 0 Å². The van der Waals surface area contributed by atoms with Gasteiger partial charge in [0.15, 0.2) is 0 Å². The molecule has 1 aromatic carbocycles. The predicted molar refractivity (Wildman–Crippen MR) is 90.1 cm³/mol. The Bertz CT molecular complexity index is 653. The molecular formula is C16H18N2O4S. The predicted octanol–water partition coefficient (Wildman–Crippen LogP) is 2.35. The average molecular weight is 334 g/mol. The van der Waals surface area contributed by atoms with Crippen molar-refractivity contribution >= 4 is 40.6 Å². The Hall–Kier alpha value is -2.28. The third-order valence-corrected chi connectivity index (χ3v) is 4.08. The highest BCUT2D eigenvalue weighted by Crippen LogP contribution is 2.32. The highest BCUT2D eigenvalue weighted by Gasteiger charge is 2.36. The molecule has 7 heteroatoms. The molecule has 122 valence electrons. The lowest BCUT2D eigenvalue weighted by Crippen LogP contribution is -2.34. The van der Waals surface area contributed by atoms with Crippen molar-refractivity contribution < 1.29 is 19.1 Å². The first-order valence-electron chi connectivity index (χ1n) is 7.10. The summed E-state index contributed by atoms with van der Waals surface area (Å²) >= 11 is 0.828. The van der Waals surface area contributed by atoms with Crippen LogP contribution in [-0.2, 0) is 14.3 Å². The summed E-state index contributed by atoms with van der Waals surface area (Å²) < 4.78 is 4.77. The molecule has 1 aliphatic heterocycles. The van der Waals surface area contributed by atoms with Crippen LogP contribution in [0.3, 0.4) is 0 Å². The fourth-order valence-corrected chi connectivity index (χ4v) is 2.83. The van der Waals surface area contributed by atoms with E-state index in [0.29, 0.717) is 4.91 Å². The molecule has 1 fully saturated rings. The van der Waals surface area contributed by atoms with Gasteiger partial charge in [-0.25, -0.2) is 0 Å². The average Bonchev–Trinajstić information content (AvgIpc) is 2.76. The lowest BCUT2D eigenvalue weighted by Gasteiger charge is -2.12. The lowest BCUT2D eigenvalue weighted by atomic mass is 10.2. The van der Waals surface area contributed by atoms with Crippen molar-refractivity contribution in [2.24, 2.45) is 0 Å². The minimum absolute atomic E-state index is 0.211. The molecule has 23 heavy (non-hydrogen) atoms. The van der Waals surface area contributed by atoms with E-state index in [2.05, 4.69) is 0 Å². The number of hydrogen-bond acceptors (Lipinski definition) is 6. The molecule has 0 unspecified atom stereocenters. The summed E-state index contributed by atoms with van der Waals surface area (Å²) in [6, 6.07) is 7.59. The number of amides is 2. The number of carbonyl (C=O) groups is 3. The summed E-state index contributed by atoms with van der Waals surface area (Å²) in [5.74, 6) is -1.06. The molecule has 0 bridgehead atoms. The highest BCUT2D eigenvalue weighted by atomic mass is 32.2. The number of nitrogens with zero attached hydrogens (tertiary/aromatic N) is 2. The van der Waals surface area contributed by atoms with Crippen molar-refractivity contribution in [2.75, 3.05) is 32.1 Å². The normalized spacial score (nSPS) is 16.1. The Morgan fingerprint density at radius 2 is 1.91 bits per heavy atom. The summed E-state index contributed by atoms with van der Waals surface area (Å²) in [7, 11) is 3.88. The van der Waals surface area contributed by atoms with Gasteiger partial charge in [0.25, 0.3) is 11.1 Å². The van der Waals surface area contributed by atoms with Gasteiger partial charge in [-0.1, -0.05) is 12.1 Å². The maximum absolute atomic E-state index is 12.2. The van der Waals surface area contributed by atoms with Crippen molar-refractivity contribution in [3.63, 3.8) is 0 Å². The van der Waals surface area contributed by atoms with Gasteiger partial charge in [0.1, 0.15) is 6.54 Å². The van der Waals surface area contributed by atoms with Crippen molar-refractivity contribution in [3.05, 3.63) is 34.7 Å². The summed E-state index contributed by atoms with van der Waals surface area (Å²) in [6.45, 7) is 1.53. The lowest BCUT2D eigenvalue weighted by molar-refractivity contribution is -0.145. The molecule has 6 nitrogen and oxygen atoms in total. The fraction of sp³-hybridized carbons (Fsp3) is 0.312. The molecular weight excluding hydrogens is 316 g/mol. The van der Waals surface area contributed by atoms with Gasteiger partial charge >= 0.3 is 5.97 Å². The highest BCUT2D eigenvalue weighted by molar-refractivity contribution is 8.18. The van der Waals surface area contributed by atoms with Gasteiger partial charge in [0.2, 0.25) is 0 Å². The summed E-state index contributed by atoms with van der Waals surface area (Å²) in [5, 5.41) is -0.459. The molecule has 1 aromatic rings. The second-order valence-electron chi connectivity index (χ2n) is 5.06. The van der Waals surface area contributed by atoms with E-state index in [-0.39, 0.29) is 13.2 Å². The van der Waals surface area contributed by atoms with Crippen LogP contribution in [0.2, 0.25) is 0 Å². The van der Waals surface area contributed by atoms with E-state index in [1.807, 2.05) is 43.3 Å². The van der Waals surface area contributed by atoms with Crippen molar-refractivity contribution in [1.29, 1.82) is 0 Å². The zero-order valence-corrected chi connectivity index (χ0v) is 14.1. The molecule has 0 N–H and O–H groups in total. The number of carbonyl (C=O) groups excluding carboxylic acids is 3. The number of anilines is 1. The molecule has 0 aromatic heterocycles. The van der Waals surface area contributed by atoms with Crippen LogP contribution in [0.25, 0.3) is 6.08 Å². The van der Waals surface area contributed by atoms with Crippen molar-refractivity contribution in [3.8, 4) is 0 Å².